The van der Waals surface area contributed by atoms with Crippen LogP contribution in [0, 0.1) is 0 Å². The Morgan fingerprint density at radius 3 is 2.68 bits per heavy atom. The average molecular weight is 283 g/mol. The van der Waals surface area contributed by atoms with Crippen molar-refractivity contribution in [2.24, 2.45) is 0 Å². The van der Waals surface area contributed by atoms with Crippen LogP contribution >= 0.6 is 11.8 Å². The number of aliphatic hydroxyl groups excluding tert-OH is 1. The summed E-state index contributed by atoms with van der Waals surface area (Å²) >= 11 is 1.69. The largest absolute Gasteiger partial charge is 0.496 e. The third-order valence-corrected chi connectivity index (χ3v) is 4.01. The molecule has 3 nitrogen and oxygen atoms in total. The lowest BCUT2D eigenvalue weighted by molar-refractivity contribution is 0.274. The molecule has 2 unspecified atom stereocenters. The zero-order valence-corrected chi connectivity index (χ0v) is 13.1. The molecule has 0 aliphatic rings. The topological polar surface area (TPSA) is 41.5 Å². The van der Waals surface area contributed by atoms with E-state index in [-0.39, 0.29) is 12.6 Å². The number of hydrogen-bond acceptors (Lipinski definition) is 4. The molecule has 1 aromatic rings. The van der Waals surface area contributed by atoms with Crippen LogP contribution in [0.4, 0.5) is 0 Å². The van der Waals surface area contributed by atoms with Crippen molar-refractivity contribution in [2.75, 3.05) is 20.0 Å². The molecule has 0 spiro atoms. The van der Waals surface area contributed by atoms with E-state index in [2.05, 4.69) is 43.6 Å². The fourth-order valence-electron chi connectivity index (χ4n) is 2.13. The number of thioether (sulfide) groups is 1. The minimum atomic E-state index is 0.261. The van der Waals surface area contributed by atoms with Gasteiger partial charge in [0, 0.05) is 23.6 Å². The van der Waals surface area contributed by atoms with Gasteiger partial charge in [0.2, 0.25) is 0 Å². The highest BCUT2D eigenvalue weighted by molar-refractivity contribution is 7.98. The quantitative estimate of drug-likeness (QED) is 0.719. The Bertz CT molecular complexity index is 384. The number of aliphatic hydroxyl groups is 1. The van der Waals surface area contributed by atoms with Crippen LogP contribution in [0.5, 0.6) is 5.75 Å². The van der Waals surface area contributed by atoms with Crippen molar-refractivity contribution in [1.82, 2.24) is 5.32 Å². The van der Waals surface area contributed by atoms with E-state index in [4.69, 9.17) is 9.84 Å². The van der Waals surface area contributed by atoms with E-state index in [9.17, 15) is 0 Å². The Balaban J connectivity index is 2.68. The van der Waals surface area contributed by atoms with Crippen LogP contribution in [-0.2, 0) is 0 Å². The lowest BCUT2D eigenvalue weighted by Gasteiger charge is -2.21. The predicted octanol–water partition coefficient (Wildman–Crippen LogP) is 3.23. The van der Waals surface area contributed by atoms with Gasteiger partial charge in [-0.3, -0.25) is 0 Å². The van der Waals surface area contributed by atoms with Crippen LogP contribution < -0.4 is 10.1 Å². The van der Waals surface area contributed by atoms with Crippen molar-refractivity contribution < 1.29 is 9.84 Å². The maximum absolute atomic E-state index is 8.85. The summed E-state index contributed by atoms with van der Waals surface area (Å²) in [5.74, 6) is 0.932. The Morgan fingerprint density at radius 1 is 1.37 bits per heavy atom. The zero-order chi connectivity index (χ0) is 14.3. The molecular formula is C15H25NO2S. The van der Waals surface area contributed by atoms with E-state index in [1.807, 2.05) is 0 Å². The van der Waals surface area contributed by atoms with Crippen LogP contribution in [0.3, 0.4) is 0 Å². The van der Waals surface area contributed by atoms with Gasteiger partial charge >= 0.3 is 0 Å². The molecule has 19 heavy (non-hydrogen) atoms. The van der Waals surface area contributed by atoms with Crippen LogP contribution in [0.15, 0.2) is 23.1 Å². The molecule has 0 aliphatic carbocycles. The fourth-order valence-corrected chi connectivity index (χ4v) is 2.67. The average Bonchev–Trinajstić information content (AvgIpc) is 2.44. The lowest BCUT2D eigenvalue weighted by Crippen LogP contribution is -2.29. The zero-order valence-electron chi connectivity index (χ0n) is 12.3. The smallest absolute Gasteiger partial charge is 0.132 e. The summed E-state index contributed by atoms with van der Waals surface area (Å²) in [5, 5.41) is 12.4. The molecular weight excluding hydrogens is 258 g/mol. The standard InChI is InChI=1S/C15H25NO2S/c1-11(6-5-9-17)16-12(2)13-7-8-15(19-4)14(10-13)18-3/h7-8,10-12,16-17H,5-6,9H2,1-4H3. The molecule has 108 valence electrons. The summed E-state index contributed by atoms with van der Waals surface area (Å²) in [7, 11) is 1.71. The van der Waals surface area contributed by atoms with E-state index in [1.54, 1.807) is 18.9 Å². The van der Waals surface area contributed by atoms with Crippen LogP contribution in [0.1, 0.15) is 38.3 Å². The minimum Gasteiger partial charge on any atom is -0.496 e. The molecule has 0 aromatic heterocycles. The first-order chi connectivity index (χ1) is 9.12. The molecule has 0 radical (unpaired) electrons. The van der Waals surface area contributed by atoms with E-state index >= 15 is 0 Å². The molecule has 2 atom stereocenters. The minimum absolute atomic E-state index is 0.261. The SMILES string of the molecule is COc1cc(C(C)NC(C)CCCO)ccc1SC. The highest BCUT2D eigenvalue weighted by Crippen LogP contribution is 2.30. The maximum Gasteiger partial charge on any atom is 0.132 e. The van der Waals surface area contributed by atoms with Gasteiger partial charge in [-0.25, -0.2) is 0 Å². The molecule has 0 fully saturated rings. The number of nitrogens with one attached hydrogen (secondary N) is 1. The van der Waals surface area contributed by atoms with Crippen molar-refractivity contribution in [3.63, 3.8) is 0 Å². The van der Waals surface area contributed by atoms with Gasteiger partial charge in [-0.05, 0) is 50.6 Å². The van der Waals surface area contributed by atoms with Crippen molar-refractivity contribution >= 4 is 11.8 Å². The second-order valence-corrected chi connectivity index (χ2v) is 5.62. The van der Waals surface area contributed by atoms with E-state index < -0.39 is 0 Å². The van der Waals surface area contributed by atoms with Gasteiger partial charge in [-0.1, -0.05) is 6.07 Å². The first-order valence-corrected chi connectivity index (χ1v) is 7.93. The molecule has 0 heterocycles. The summed E-state index contributed by atoms with van der Waals surface area (Å²) < 4.78 is 5.42. The highest BCUT2D eigenvalue weighted by atomic mass is 32.2. The molecule has 0 amide bonds. The molecule has 0 aliphatic heterocycles. The van der Waals surface area contributed by atoms with Crippen LogP contribution in [0.2, 0.25) is 0 Å². The fraction of sp³-hybridized carbons (Fsp3) is 0.600. The molecule has 1 rings (SSSR count). The van der Waals surface area contributed by atoms with Gasteiger partial charge < -0.3 is 15.2 Å². The van der Waals surface area contributed by atoms with Crippen LogP contribution in [-0.4, -0.2) is 31.1 Å². The van der Waals surface area contributed by atoms with Crippen molar-refractivity contribution in [1.29, 1.82) is 0 Å². The third-order valence-electron chi connectivity index (χ3n) is 3.24. The number of rotatable bonds is 8. The van der Waals surface area contributed by atoms with Gasteiger partial charge in [-0.2, -0.15) is 0 Å². The number of ether oxygens (including phenoxy) is 1. The number of methoxy groups -OCH3 is 1. The monoisotopic (exact) mass is 283 g/mol. The summed E-state index contributed by atoms with van der Waals surface area (Å²) in [6, 6.07) is 7.02. The van der Waals surface area contributed by atoms with E-state index in [0.717, 1.165) is 23.5 Å². The molecule has 0 saturated carbocycles. The van der Waals surface area contributed by atoms with Crippen molar-refractivity contribution in [3.05, 3.63) is 23.8 Å². The first-order valence-electron chi connectivity index (χ1n) is 6.71. The summed E-state index contributed by atoms with van der Waals surface area (Å²) in [6.45, 7) is 4.57. The Morgan fingerprint density at radius 2 is 2.11 bits per heavy atom. The maximum atomic E-state index is 8.85. The Labute approximate surface area is 120 Å². The van der Waals surface area contributed by atoms with Gasteiger partial charge in [0.15, 0.2) is 0 Å². The molecule has 4 heteroatoms. The van der Waals surface area contributed by atoms with Crippen molar-refractivity contribution in [3.8, 4) is 5.75 Å². The molecule has 0 bridgehead atoms. The normalized spacial score (nSPS) is 14.2. The summed E-state index contributed by atoms with van der Waals surface area (Å²) in [4.78, 5) is 1.16. The predicted molar refractivity (Wildman–Crippen MR) is 82.1 cm³/mol. The summed E-state index contributed by atoms with van der Waals surface area (Å²) in [6.07, 6.45) is 3.88. The van der Waals surface area contributed by atoms with Crippen molar-refractivity contribution in [2.45, 2.75) is 43.7 Å². The van der Waals surface area contributed by atoms with Gasteiger partial charge in [-0.15, -0.1) is 11.8 Å². The van der Waals surface area contributed by atoms with E-state index in [1.165, 1.54) is 5.56 Å². The van der Waals surface area contributed by atoms with Gasteiger partial charge in [0.1, 0.15) is 5.75 Å². The molecule has 0 saturated heterocycles. The highest BCUT2D eigenvalue weighted by Gasteiger charge is 2.11. The second-order valence-electron chi connectivity index (χ2n) is 4.77. The second kappa shape index (κ2) is 8.46. The molecule has 1 aromatic carbocycles. The van der Waals surface area contributed by atoms with Crippen LogP contribution in [0.25, 0.3) is 0 Å². The van der Waals surface area contributed by atoms with Gasteiger partial charge in [0.25, 0.3) is 0 Å². The Hall–Kier alpha value is -0.710. The Kier molecular flexibility index (Phi) is 7.28. The molecule has 2 N–H and O–H groups in total. The summed E-state index contributed by atoms with van der Waals surface area (Å²) in [5.41, 5.74) is 1.23. The van der Waals surface area contributed by atoms with E-state index in [0.29, 0.717) is 6.04 Å². The first kappa shape index (κ1) is 16.3. The lowest BCUT2D eigenvalue weighted by atomic mass is 10.1. The number of hydrogen-bond donors (Lipinski definition) is 2. The number of benzene rings is 1. The third kappa shape index (κ3) is 5.05. The van der Waals surface area contributed by atoms with Gasteiger partial charge in [0.05, 0.1) is 7.11 Å².